The molecular weight excluding hydrogens is 202 g/mol. The minimum atomic E-state index is 0.374. The van der Waals surface area contributed by atoms with Crippen molar-refractivity contribution in [2.75, 3.05) is 0 Å². The summed E-state index contributed by atoms with van der Waals surface area (Å²) in [5.74, 6) is 2.37. The quantitative estimate of drug-likeness (QED) is 0.624. The molecule has 1 saturated heterocycles. The Hall–Kier alpha value is -0.160. The van der Waals surface area contributed by atoms with Gasteiger partial charge in [-0.25, -0.2) is 0 Å². The fourth-order valence-corrected chi connectivity index (χ4v) is 6.10. The molecule has 0 aromatic rings. The highest BCUT2D eigenvalue weighted by atomic mass is 32.2. The minimum absolute atomic E-state index is 0.374. The summed E-state index contributed by atoms with van der Waals surface area (Å²) >= 11 is 2.25. The second kappa shape index (κ2) is 4.01. The van der Waals surface area contributed by atoms with Gasteiger partial charge in [-0.15, -0.1) is 0 Å². The molecule has 0 aromatic carbocycles. The summed E-state index contributed by atoms with van der Waals surface area (Å²) in [5.41, 5.74) is 0. The molecule has 2 heteroatoms. The lowest BCUT2D eigenvalue weighted by atomic mass is 9.71. The highest BCUT2D eigenvalue weighted by Crippen LogP contribution is 2.55. The van der Waals surface area contributed by atoms with E-state index in [1.54, 1.807) is 0 Å². The third-order valence-corrected chi connectivity index (χ3v) is 6.51. The number of hydrogen-bond acceptors (Lipinski definition) is 2. The maximum absolute atomic E-state index is 9.01. The normalized spacial score (nSPS) is 49.1. The molecule has 0 N–H and O–H groups in total. The summed E-state index contributed by atoms with van der Waals surface area (Å²) in [5, 5.41) is 10.8. The third kappa shape index (κ3) is 1.69. The van der Waals surface area contributed by atoms with Gasteiger partial charge in [0.2, 0.25) is 0 Å². The molecule has 3 rings (SSSR count). The molecule has 15 heavy (non-hydrogen) atoms. The van der Waals surface area contributed by atoms with Crippen LogP contribution in [0.4, 0.5) is 0 Å². The smallest absolute Gasteiger partial charge is 0.0656 e. The molecule has 1 aliphatic heterocycles. The second-order valence-corrected chi connectivity index (χ2v) is 6.95. The van der Waals surface area contributed by atoms with Gasteiger partial charge < -0.3 is 0 Å². The van der Waals surface area contributed by atoms with Crippen molar-refractivity contribution in [1.29, 1.82) is 5.26 Å². The van der Waals surface area contributed by atoms with Crippen LogP contribution in [0.3, 0.4) is 0 Å². The number of nitrogens with zero attached hydrogens (tertiary/aromatic N) is 1. The van der Waals surface area contributed by atoms with Crippen LogP contribution in [-0.2, 0) is 0 Å². The van der Waals surface area contributed by atoms with Crippen LogP contribution < -0.4 is 0 Å². The Labute approximate surface area is 96.6 Å². The standard InChI is InChI=1S/C13H19NS/c14-8-9-5-6-11-10-3-1-2-4-12(10)15-13(11)7-9/h9-13H,1-7H2. The van der Waals surface area contributed by atoms with Crippen LogP contribution in [-0.4, -0.2) is 10.5 Å². The van der Waals surface area contributed by atoms with Crippen LogP contribution in [0.15, 0.2) is 0 Å². The number of fused-ring (bicyclic) bond motifs is 3. The summed E-state index contributed by atoms with van der Waals surface area (Å²) in [6.45, 7) is 0. The first kappa shape index (κ1) is 10.0. The van der Waals surface area contributed by atoms with Gasteiger partial charge in [-0.05, 0) is 43.9 Å². The van der Waals surface area contributed by atoms with Crippen molar-refractivity contribution in [1.82, 2.24) is 0 Å². The van der Waals surface area contributed by atoms with Crippen molar-refractivity contribution >= 4 is 11.8 Å². The van der Waals surface area contributed by atoms with E-state index in [1.807, 2.05) is 0 Å². The Bertz CT molecular complexity index is 283. The molecule has 0 aromatic heterocycles. The molecule has 1 heterocycles. The number of rotatable bonds is 0. The van der Waals surface area contributed by atoms with Crippen molar-refractivity contribution in [2.45, 2.75) is 55.4 Å². The van der Waals surface area contributed by atoms with E-state index in [0.29, 0.717) is 5.92 Å². The van der Waals surface area contributed by atoms with Crippen LogP contribution in [0.5, 0.6) is 0 Å². The topological polar surface area (TPSA) is 23.8 Å². The first-order chi connectivity index (χ1) is 7.38. The highest BCUT2D eigenvalue weighted by Gasteiger charge is 2.46. The van der Waals surface area contributed by atoms with Crippen molar-refractivity contribution in [2.24, 2.45) is 17.8 Å². The zero-order valence-corrected chi connectivity index (χ0v) is 10.0. The molecule has 0 spiro atoms. The maximum Gasteiger partial charge on any atom is 0.0656 e. The molecule has 2 aliphatic carbocycles. The van der Waals surface area contributed by atoms with Crippen LogP contribution in [0.2, 0.25) is 0 Å². The van der Waals surface area contributed by atoms with Gasteiger partial charge in [0.25, 0.3) is 0 Å². The Balaban J connectivity index is 1.73. The van der Waals surface area contributed by atoms with Gasteiger partial charge >= 0.3 is 0 Å². The minimum Gasteiger partial charge on any atom is -0.198 e. The van der Waals surface area contributed by atoms with E-state index >= 15 is 0 Å². The molecule has 82 valence electrons. The lowest BCUT2D eigenvalue weighted by molar-refractivity contribution is 0.216. The molecular formula is C13H19NS. The van der Waals surface area contributed by atoms with Crippen LogP contribution in [0.1, 0.15) is 44.9 Å². The zero-order chi connectivity index (χ0) is 10.3. The highest BCUT2D eigenvalue weighted by molar-refractivity contribution is 8.00. The Morgan fingerprint density at radius 2 is 1.73 bits per heavy atom. The fourth-order valence-electron chi connectivity index (χ4n) is 3.92. The molecule has 2 saturated carbocycles. The molecule has 0 radical (unpaired) electrons. The SMILES string of the molecule is N#CC1CCC2C(C1)SC1CCCCC12. The van der Waals surface area contributed by atoms with Crippen molar-refractivity contribution < 1.29 is 0 Å². The van der Waals surface area contributed by atoms with E-state index < -0.39 is 0 Å². The van der Waals surface area contributed by atoms with Crippen LogP contribution >= 0.6 is 11.8 Å². The van der Waals surface area contributed by atoms with E-state index in [4.69, 9.17) is 5.26 Å². The van der Waals surface area contributed by atoms with Gasteiger partial charge in [0.1, 0.15) is 0 Å². The van der Waals surface area contributed by atoms with Crippen LogP contribution in [0, 0.1) is 29.1 Å². The fraction of sp³-hybridized carbons (Fsp3) is 0.923. The molecule has 0 bridgehead atoms. The maximum atomic E-state index is 9.01. The van der Waals surface area contributed by atoms with E-state index in [0.717, 1.165) is 22.3 Å². The van der Waals surface area contributed by atoms with E-state index in [1.165, 1.54) is 44.9 Å². The van der Waals surface area contributed by atoms with Gasteiger partial charge in [-0.3, -0.25) is 0 Å². The van der Waals surface area contributed by atoms with E-state index in [2.05, 4.69) is 17.8 Å². The Morgan fingerprint density at radius 1 is 0.933 bits per heavy atom. The van der Waals surface area contributed by atoms with Gasteiger partial charge in [0.05, 0.1) is 6.07 Å². The first-order valence-corrected chi connectivity index (χ1v) is 7.38. The summed E-state index contributed by atoms with van der Waals surface area (Å²) in [6, 6.07) is 2.48. The average Bonchev–Trinajstić information content (AvgIpc) is 2.66. The average molecular weight is 221 g/mol. The Kier molecular flexibility index (Phi) is 2.68. The van der Waals surface area contributed by atoms with Crippen molar-refractivity contribution in [3.63, 3.8) is 0 Å². The predicted octanol–water partition coefficient (Wildman–Crippen LogP) is 3.60. The molecule has 3 aliphatic rings. The predicted molar refractivity (Wildman–Crippen MR) is 63.6 cm³/mol. The number of nitriles is 1. The number of thioether (sulfide) groups is 1. The van der Waals surface area contributed by atoms with Gasteiger partial charge in [0, 0.05) is 16.4 Å². The van der Waals surface area contributed by atoms with Crippen LogP contribution in [0.25, 0.3) is 0 Å². The molecule has 5 atom stereocenters. The van der Waals surface area contributed by atoms with Crippen molar-refractivity contribution in [3.05, 3.63) is 0 Å². The van der Waals surface area contributed by atoms with E-state index in [-0.39, 0.29) is 0 Å². The van der Waals surface area contributed by atoms with E-state index in [9.17, 15) is 0 Å². The molecule has 3 fully saturated rings. The summed E-state index contributed by atoms with van der Waals surface area (Å²) in [7, 11) is 0. The second-order valence-electron chi connectivity index (χ2n) is 5.46. The molecule has 1 nitrogen and oxygen atoms in total. The summed E-state index contributed by atoms with van der Waals surface area (Å²) < 4.78 is 0. The Morgan fingerprint density at radius 3 is 2.60 bits per heavy atom. The zero-order valence-electron chi connectivity index (χ0n) is 9.19. The van der Waals surface area contributed by atoms with Gasteiger partial charge in [-0.1, -0.05) is 12.8 Å². The molecule has 5 unspecified atom stereocenters. The summed E-state index contributed by atoms with van der Waals surface area (Å²) in [6.07, 6.45) is 9.58. The number of hydrogen-bond donors (Lipinski definition) is 0. The lowest BCUT2D eigenvalue weighted by Crippen LogP contribution is -2.29. The monoisotopic (exact) mass is 221 g/mol. The van der Waals surface area contributed by atoms with Gasteiger partial charge in [0.15, 0.2) is 0 Å². The first-order valence-electron chi connectivity index (χ1n) is 6.43. The van der Waals surface area contributed by atoms with Crippen molar-refractivity contribution in [3.8, 4) is 6.07 Å². The van der Waals surface area contributed by atoms with Gasteiger partial charge in [-0.2, -0.15) is 17.0 Å². The largest absolute Gasteiger partial charge is 0.198 e. The lowest BCUT2D eigenvalue weighted by Gasteiger charge is -2.32. The molecule has 0 amide bonds. The summed E-state index contributed by atoms with van der Waals surface area (Å²) in [4.78, 5) is 0. The third-order valence-electron chi connectivity index (χ3n) is 4.68.